The first kappa shape index (κ1) is 14.1. The van der Waals surface area contributed by atoms with E-state index in [-0.39, 0.29) is 0 Å². The molecule has 0 fully saturated rings. The smallest absolute Gasteiger partial charge is 0.115 e. The van der Waals surface area contributed by atoms with Gasteiger partial charge in [-0.15, -0.1) is 0 Å². The van der Waals surface area contributed by atoms with Crippen molar-refractivity contribution in [2.75, 3.05) is 0 Å². The van der Waals surface area contributed by atoms with E-state index < -0.39 is 0 Å². The molecule has 19 heavy (non-hydrogen) atoms. The lowest BCUT2D eigenvalue weighted by Crippen LogP contribution is -2.01. The number of aromatic hydroxyl groups is 1. The Kier molecular flexibility index (Phi) is 5.02. The van der Waals surface area contributed by atoms with E-state index in [2.05, 4.69) is 45.4 Å². The molecular formula is C17H17IO. The lowest BCUT2D eigenvalue weighted by Gasteiger charge is -2.22. The zero-order chi connectivity index (χ0) is 13.7. The minimum atomic E-state index is 0.306. The fourth-order valence-corrected chi connectivity index (χ4v) is 2.91. The molecule has 1 aromatic carbocycles. The second-order valence-corrected chi connectivity index (χ2v) is 5.24. The molecule has 1 aromatic rings. The predicted octanol–water partition coefficient (Wildman–Crippen LogP) is 5.39. The second-order valence-electron chi connectivity index (χ2n) is 4.52. The molecule has 0 saturated carbocycles. The summed E-state index contributed by atoms with van der Waals surface area (Å²) in [5.41, 5.74) is 5.14. The summed E-state index contributed by atoms with van der Waals surface area (Å²) in [6.07, 6.45) is 9.50. The lowest BCUT2D eigenvalue weighted by atomic mass is 9.83. The Morgan fingerprint density at radius 3 is 2.53 bits per heavy atom. The molecule has 1 aliphatic carbocycles. The summed E-state index contributed by atoms with van der Waals surface area (Å²) in [7, 11) is 0. The van der Waals surface area contributed by atoms with Gasteiger partial charge in [0.2, 0.25) is 0 Å². The van der Waals surface area contributed by atoms with Crippen LogP contribution in [0.15, 0.2) is 64.3 Å². The summed E-state index contributed by atoms with van der Waals surface area (Å²) < 4.78 is 2.06. The zero-order valence-electron chi connectivity index (χ0n) is 10.8. The van der Waals surface area contributed by atoms with E-state index in [1.807, 2.05) is 18.2 Å². The van der Waals surface area contributed by atoms with Crippen molar-refractivity contribution in [1.82, 2.24) is 0 Å². The van der Waals surface area contributed by atoms with Gasteiger partial charge in [0.15, 0.2) is 0 Å². The van der Waals surface area contributed by atoms with Crippen molar-refractivity contribution in [2.24, 2.45) is 0 Å². The third-order valence-corrected chi connectivity index (χ3v) is 3.63. The Bertz CT molecular complexity index is 547. The van der Waals surface area contributed by atoms with Crippen LogP contribution in [0.1, 0.15) is 24.8 Å². The SMILES string of the molecule is C=C/C=C1\CCCC(/C=C/I)=C1c1ccc(O)cc1. The fourth-order valence-electron chi connectivity index (χ4n) is 2.48. The second kappa shape index (κ2) is 6.75. The van der Waals surface area contributed by atoms with Gasteiger partial charge in [-0.05, 0) is 57.8 Å². The molecule has 0 amide bonds. The van der Waals surface area contributed by atoms with Gasteiger partial charge < -0.3 is 5.11 Å². The number of phenolic OH excluding ortho intramolecular Hbond substituents is 1. The van der Waals surface area contributed by atoms with E-state index in [1.54, 1.807) is 12.1 Å². The Morgan fingerprint density at radius 1 is 1.16 bits per heavy atom. The molecule has 0 unspecified atom stereocenters. The topological polar surface area (TPSA) is 20.2 Å². The Hall–Kier alpha value is -1.29. The maximum Gasteiger partial charge on any atom is 0.115 e. The standard InChI is InChI=1S/C17H17IO/c1-2-4-13-5-3-6-14(11-12-18)17(13)15-7-9-16(19)10-8-15/h2,4,7-12,19H,1,3,5-6H2/b12-11+,13-4+. The Balaban J connectivity index is 2.57. The van der Waals surface area contributed by atoms with Crippen molar-refractivity contribution in [2.45, 2.75) is 19.3 Å². The van der Waals surface area contributed by atoms with Crippen LogP contribution in [0, 0.1) is 0 Å². The third-order valence-electron chi connectivity index (χ3n) is 3.27. The van der Waals surface area contributed by atoms with Crippen LogP contribution in [0.4, 0.5) is 0 Å². The first-order chi connectivity index (χ1) is 9.26. The molecule has 1 N–H and O–H groups in total. The summed E-state index contributed by atoms with van der Waals surface area (Å²) >= 11 is 2.26. The highest BCUT2D eigenvalue weighted by Crippen LogP contribution is 2.37. The van der Waals surface area contributed by atoms with E-state index in [1.165, 1.54) is 23.1 Å². The molecule has 0 aromatic heterocycles. The quantitative estimate of drug-likeness (QED) is 0.713. The number of phenols is 1. The van der Waals surface area contributed by atoms with Crippen LogP contribution < -0.4 is 0 Å². The zero-order valence-corrected chi connectivity index (χ0v) is 12.9. The fraction of sp³-hybridized carbons (Fsp3) is 0.176. The first-order valence-electron chi connectivity index (χ1n) is 6.37. The highest BCUT2D eigenvalue weighted by atomic mass is 127. The molecule has 0 radical (unpaired) electrons. The van der Waals surface area contributed by atoms with Crippen molar-refractivity contribution < 1.29 is 5.11 Å². The summed E-state index contributed by atoms with van der Waals surface area (Å²) in [6.45, 7) is 3.81. The van der Waals surface area contributed by atoms with Gasteiger partial charge in [-0.1, -0.05) is 59.5 Å². The van der Waals surface area contributed by atoms with E-state index in [9.17, 15) is 5.11 Å². The Morgan fingerprint density at radius 2 is 1.89 bits per heavy atom. The number of hydrogen-bond donors (Lipinski definition) is 1. The van der Waals surface area contributed by atoms with Gasteiger partial charge in [0.25, 0.3) is 0 Å². The number of rotatable bonds is 3. The van der Waals surface area contributed by atoms with E-state index in [0.29, 0.717) is 5.75 Å². The van der Waals surface area contributed by atoms with Crippen molar-refractivity contribution in [3.8, 4) is 5.75 Å². The number of hydrogen-bond acceptors (Lipinski definition) is 1. The van der Waals surface area contributed by atoms with Crippen LogP contribution in [0.2, 0.25) is 0 Å². The molecular weight excluding hydrogens is 347 g/mol. The van der Waals surface area contributed by atoms with E-state index in [0.717, 1.165) is 18.4 Å². The highest BCUT2D eigenvalue weighted by Gasteiger charge is 2.17. The number of benzene rings is 1. The van der Waals surface area contributed by atoms with Crippen LogP contribution >= 0.6 is 22.6 Å². The number of allylic oxidation sites excluding steroid dienone is 6. The van der Waals surface area contributed by atoms with Gasteiger partial charge >= 0.3 is 0 Å². The van der Waals surface area contributed by atoms with Gasteiger partial charge in [-0.25, -0.2) is 0 Å². The average Bonchev–Trinajstić information content (AvgIpc) is 2.41. The lowest BCUT2D eigenvalue weighted by molar-refractivity contribution is 0.475. The molecule has 0 atom stereocenters. The maximum atomic E-state index is 9.43. The van der Waals surface area contributed by atoms with Gasteiger partial charge in [0.1, 0.15) is 5.75 Å². The molecule has 98 valence electrons. The molecule has 1 nitrogen and oxygen atoms in total. The van der Waals surface area contributed by atoms with Gasteiger partial charge in [-0.3, -0.25) is 0 Å². The van der Waals surface area contributed by atoms with Crippen LogP contribution in [-0.4, -0.2) is 5.11 Å². The highest BCUT2D eigenvalue weighted by molar-refractivity contribution is 14.1. The Labute approximate surface area is 128 Å². The van der Waals surface area contributed by atoms with Crippen molar-refractivity contribution in [3.05, 3.63) is 69.9 Å². The van der Waals surface area contributed by atoms with Crippen LogP contribution in [0.25, 0.3) is 5.57 Å². The van der Waals surface area contributed by atoms with Gasteiger partial charge in [0.05, 0.1) is 0 Å². The molecule has 0 bridgehead atoms. The van der Waals surface area contributed by atoms with E-state index >= 15 is 0 Å². The average molecular weight is 364 g/mol. The largest absolute Gasteiger partial charge is 0.508 e. The van der Waals surface area contributed by atoms with E-state index in [4.69, 9.17) is 0 Å². The molecule has 0 spiro atoms. The molecule has 2 rings (SSSR count). The molecule has 0 saturated heterocycles. The maximum absolute atomic E-state index is 9.43. The first-order valence-corrected chi connectivity index (χ1v) is 7.62. The summed E-state index contributed by atoms with van der Waals surface area (Å²) in [5, 5.41) is 9.43. The molecule has 0 aliphatic heterocycles. The van der Waals surface area contributed by atoms with Crippen molar-refractivity contribution in [3.63, 3.8) is 0 Å². The third kappa shape index (κ3) is 3.38. The van der Waals surface area contributed by atoms with Gasteiger partial charge in [0, 0.05) is 0 Å². The van der Waals surface area contributed by atoms with Gasteiger partial charge in [-0.2, -0.15) is 0 Å². The monoisotopic (exact) mass is 364 g/mol. The summed E-state index contributed by atoms with van der Waals surface area (Å²) in [6, 6.07) is 7.45. The van der Waals surface area contributed by atoms with Crippen molar-refractivity contribution >= 4 is 28.2 Å². The van der Waals surface area contributed by atoms with Crippen LogP contribution in [0.5, 0.6) is 5.75 Å². The minimum absolute atomic E-state index is 0.306. The van der Waals surface area contributed by atoms with Crippen LogP contribution in [-0.2, 0) is 0 Å². The van der Waals surface area contributed by atoms with Crippen molar-refractivity contribution in [1.29, 1.82) is 0 Å². The minimum Gasteiger partial charge on any atom is -0.508 e. The molecule has 2 heteroatoms. The van der Waals surface area contributed by atoms with Crippen LogP contribution in [0.3, 0.4) is 0 Å². The predicted molar refractivity (Wildman–Crippen MR) is 90.3 cm³/mol. The normalized spacial score (nSPS) is 18.3. The molecule has 1 aliphatic rings. The number of halogens is 1. The molecule has 0 heterocycles. The summed E-state index contributed by atoms with van der Waals surface area (Å²) in [5.74, 6) is 0.306. The summed E-state index contributed by atoms with van der Waals surface area (Å²) in [4.78, 5) is 0.